The fourth-order valence-corrected chi connectivity index (χ4v) is 4.35. The van der Waals surface area contributed by atoms with Crippen LogP contribution < -0.4 is 15.2 Å². The molecule has 0 aliphatic carbocycles. The van der Waals surface area contributed by atoms with Crippen LogP contribution in [-0.4, -0.2) is 54.7 Å². The predicted octanol–water partition coefficient (Wildman–Crippen LogP) is 0.783. The van der Waals surface area contributed by atoms with Gasteiger partial charge in [-0.25, -0.2) is 9.97 Å². The second-order valence-electron chi connectivity index (χ2n) is 6.90. The first-order valence-corrected chi connectivity index (χ1v) is 10.6. The van der Waals surface area contributed by atoms with E-state index in [1.807, 2.05) is 0 Å². The molecule has 2 aliphatic heterocycles. The predicted molar refractivity (Wildman–Crippen MR) is 106 cm³/mol. The summed E-state index contributed by atoms with van der Waals surface area (Å²) in [6, 6.07) is 6.60. The van der Waals surface area contributed by atoms with Gasteiger partial charge in [0.2, 0.25) is 0 Å². The average Bonchev–Trinajstić information content (AvgIpc) is 2.71. The van der Waals surface area contributed by atoms with Crippen LogP contribution in [0.5, 0.6) is 5.75 Å². The Bertz CT molecular complexity index is 1060. The molecule has 1 atom stereocenters. The number of rotatable bonds is 4. The molecule has 11 heteroatoms. The molecular weight excluding hydrogens is 396 g/mol. The topological polar surface area (TPSA) is 140 Å². The number of hydrogen-bond acceptors (Lipinski definition) is 7. The molecule has 2 aliphatic rings. The molecule has 1 saturated heterocycles. The summed E-state index contributed by atoms with van der Waals surface area (Å²) in [6.07, 6.45) is 4.68. The van der Waals surface area contributed by atoms with Gasteiger partial charge >= 0.3 is 10.2 Å². The number of likely N-dealkylation sites (tertiary alicyclic amines) is 1. The van der Waals surface area contributed by atoms with Gasteiger partial charge in [0.1, 0.15) is 17.8 Å². The van der Waals surface area contributed by atoms with E-state index in [0.717, 1.165) is 12.8 Å². The number of carbonyl (C=O) groups excluding carboxylic acids is 1. The maximum atomic E-state index is 12.6. The van der Waals surface area contributed by atoms with E-state index in [9.17, 15) is 13.2 Å². The Hall–Kier alpha value is -3.21. The zero-order valence-corrected chi connectivity index (χ0v) is 16.3. The Morgan fingerprint density at radius 3 is 3.00 bits per heavy atom. The van der Waals surface area contributed by atoms with Crippen LogP contribution in [0, 0.1) is 5.92 Å². The Balaban J connectivity index is 1.44. The van der Waals surface area contributed by atoms with Gasteiger partial charge in [0.15, 0.2) is 5.84 Å². The van der Waals surface area contributed by atoms with Crippen molar-refractivity contribution in [3.8, 4) is 5.75 Å². The third kappa shape index (κ3) is 4.14. The zero-order chi connectivity index (χ0) is 20.4. The van der Waals surface area contributed by atoms with Crippen molar-refractivity contribution in [3.05, 3.63) is 48.0 Å². The van der Waals surface area contributed by atoms with E-state index in [0.29, 0.717) is 42.4 Å². The van der Waals surface area contributed by atoms with Crippen molar-refractivity contribution in [2.24, 2.45) is 16.0 Å². The van der Waals surface area contributed by atoms with Crippen LogP contribution in [-0.2, 0) is 10.2 Å². The molecule has 1 aromatic heterocycles. The van der Waals surface area contributed by atoms with Crippen LogP contribution in [0.3, 0.4) is 0 Å². The third-order valence-corrected chi connectivity index (χ3v) is 5.74. The maximum absolute atomic E-state index is 12.6. The van der Waals surface area contributed by atoms with Crippen LogP contribution >= 0.6 is 0 Å². The van der Waals surface area contributed by atoms with Crippen molar-refractivity contribution in [2.45, 2.75) is 12.8 Å². The molecule has 1 amide bonds. The lowest BCUT2D eigenvalue weighted by molar-refractivity contribution is 0.0627. The minimum Gasteiger partial charge on any atom is -0.492 e. The second kappa shape index (κ2) is 7.66. The number of piperidine rings is 1. The highest BCUT2D eigenvalue weighted by Crippen LogP contribution is 2.31. The van der Waals surface area contributed by atoms with Crippen molar-refractivity contribution >= 4 is 27.6 Å². The van der Waals surface area contributed by atoms with Crippen molar-refractivity contribution in [1.82, 2.24) is 14.9 Å². The number of amidine groups is 1. The van der Waals surface area contributed by atoms with Gasteiger partial charge in [-0.05, 0) is 31.0 Å². The van der Waals surface area contributed by atoms with Crippen LogP contribution in [0.2, 0.25) is 0 Å². The van der Waals surface area contributed by atoms with Crippen molar-refractivity contribution in [2.75, 3.05) is 24.4 Å². The van der Waals surface area contributed by atoms with Crippen molar-refractivity contribution in [3.63, 3.8) is 0 Å². The molecule has 4 rings (SSSR count). The summed E-state index contributed by atoms with van der Waals surface area (Å²) in [5.41, 5.74) is 6.97. The van der Waals surface area contributed by atoms with Crippen molar-refractivity contribution in [1.29, 1.82) is 0 Å². The lowest BCUT2D eigenvalue weighted by Gasteiger charge is -2.32. The molecule has 1 fully saturated rings. The fraction of sp³-hybridized carbons (Fsp3) is 0.333. The van der Waals surface area contributed by atoms with Gasteiger partial charge in [0.25, 0.3) is 5.91 Å². The van der Waals surface area contributed by atoms with Gasteiger partial charge in [-0.1, -0.05) is 6.07 Å². The molecule has 10 nitrogen and oxygen atoms in total. The van der Waals surface area contributed by atoms with E-state index in [2.05, 4.69) is 19.1 Å². The van der Waals surface area contributed by atoms with E-state index in [-0.39, 0.29) is 17.7 Å². The Kier molecular flexibility index (Phi) is 5.05. The quantitative estimate of drug-likeness (QED) is 0.750. The van der Waals surface area contributed by atoms with Gasteiger partial charge in [-0.3, -0.25) is 9.52 Å². The Morgan fingerprint density at radius 1 is 1.34 bits per heavy atom. The molecule has 0 spiro atoms. The number of hydrogen-bond donors (Lipinski definition) is 2. The molecule has 2 aromatic rings. The standard InChI is InChI=1S/C18H20N6O4S/c19-17-16-13(22-29(26,27)23-17)4-1-5-15(16)28-10-12-3-2-8-24(9-12)18(25)14-6-7-20-11-21-14/h1,4-7,11-12,22H,2-3,8-10H2,(H2,19,23)/t12-/m0/s1. The highest BCUT2D eigenvalue weighted by atomic mass is 32.2. The van der Waals surface area contributed by atoms with Gasteiger partial charge in [0.05, 0.1) is 17.9 Å². The van der Waals surface area contributed by atoms with E-state index in [1.165, 1.54) is 6.33 Å². The van der Waals surface area contributed by atoms with Crippen LogP contribution in [0.15, 0.2) is 41.2 Å². The second-order valence-corrected chi connectivity index (χ2v) is 8.23. The van der Waals surface area contributed by atoms with Crippen molar-refractivity contribution < 1.29 is 17.9 Å². The van der Waals surface area contributed by atoms with Gasteiger partial charge in [-0.15, -0.1) is 4.40 Å². The summed E-state index contributed by atoms with van der Waals surface area (Å²) in [5.74, 6) is 0.341. The number of nitrogens with zero attached hydrogens (tertiary/aromatic N) is 4. The first-order valence-electron chi connectivity index (χ1n) is 9.12. The number of nitrogens with two attached hydrogens (primary N) is 1. The smallest absolute Gasteiger partial charge is 0.344 e. The normalized spacial score (nSPS) is 20.2. The lowest BCUT2D eigenvalue weighted by Crippen LogP contribution is -2.42. The maximum Gasteiger partial charge on any atom is 0.344 e. The molecule has 3 N–H and O–H groups in total. The summed E-state index contributed by atoms with van der Waals surface area (Å²) in [6.45, 7) is 1.58. The molecule has 0 saturated carbocycles. The first kappa shape index (κ1) is 19.1. The Labute approximate surface area is 168 Å². The van der Waals surface area contributed by atoms with Crippen LogP contribution in [0.25, 0.3) is 0 Å². The van der Waals surface area contributed by atoms with E-state index in [1.54, 1.807) is 35.4 Å². The van der Waals surface area contributed by atoms with Gasteiger partial charge in [0, 0.05) is 25.2 Å². The molecule has 29 heavy (non-hydrogen) atoms. The van der Waals surface area contributed by atoms with E-state index >= 15 is 0 Å². The summed E-state index contributed by atoms with van der Waals surface area (Å²) in [7, 11) is -3.84. The highest BCUT2D eigenvalue weighted by molar-refractivity contribution is 7.91. The molecule has 0 unspecified atom stereocenters. The zero-order valence-electron chi connectivity index (χ0n) is 15.5. The number of amides is 1. The minimum atomic E-state index is -3.84. The van der Waals surface area contributed by atoms with E-state index < -0.39 is 10.2 Å². The summed E-state index contributed by atoms with van der Waals surface area (Å²) < 4.78 is 35.2. The molecule has 152 valence electrons. The van der Waals surface area contributed by atoms with Crippen LogP contribution in [0.1, 0.15) is 28.9 Å². The first-order chi connectivity index (χ1) is 13.9. The molecular formula is C18H20N6O4S. The number of fused-ring (bicyclic) bond motifs is 1. The molecule has 0 radical (unpaired) electrons. The number of ether oxygens (including phenoxy) is 1. The minimum absolute atomic E-state index is 0.112. The lowest BCUT2D eigenvalue weighted by atomic mass is 9.98. The van der Waals surface area contributed by atoms with E-state index in [4.69, 9.17) is 10.5 Å². The molecule has 0 bridgehead atoms. The monoisotopic (exact) mass is 416 g/mol. The molecule has 3 heterocycles. The molecule has 1 aromatic carbocycles. The number of carbonyl (C=O) groups is 1. The summed E-state index contributed by atoms with van der Waals surface area (Å²) in [5, 5.41) is 0. The number of anilines is 1. The summed E-state index contributed by atoms with van der Waals surface area (Å²) in [4.78, 5) is 22.2. The Morgan fingerprint density at radius 2 is 2.21 bits per heavy atom. The van der Waals surface area contributed by atoms with Gasteiger partial charge < -0.3 is 15.4 Å². The van der Waals surface area contributed by atoms with Crippen LogP contribution in [0.4, 0.5) is 5.69 Å². The number of benzene rings is 1. The summed E-state index contributed by atoms with van der Waals surface area (Å²) >= 11 is 0. The average molecular weight is 416 g/mol. The fourth-order valence-electron chi connectivity index (χ4n) is 3.51. The number of nitrogens with one attached hydrogen (secondary N) is 1. The highest BCUT2D eigenvalue weighted by Gasteiger charge is 2.27. The van der Waals surface area contributed by atoms with Gasteiger partial charge in [-0.2, -0.15) is 8.42 Å². The number of aromatic nitrogens is 2. The largest absolute Gasteiger partial charge is 0.492 e. The third-order valence-electron chi connectivity index (χ3n) is 4.82. The SMILES string of the molecule is NC1=NS(=O)(=O)Nc2cccc(OC[C@H]3CCCN(C(=O)c4ccncn4)C3)c21.